The lowest BCUT2D eigenvalue weighted by molar-refractivity contribution is 0.0919. The fourth-order valence-electron chi connectivity index (χ4n) is 1.07. The van der Waals surface area contributed by atoms with Crippen molar-refractivity contribution >= 4 is 5.91 Å². The largest absolute Gasteiger partial charge is 0.459 e. The summed E-state index contributed by atoms with van der Waals surface area (Å²) in [4.78, 5) is 11.3. The second-order valence-electron chi connectivity index (χ2n) is 2.74. The molecule has 72 valence electrons. The van der Waals surface area contributed by atoms with Crippen LogP contribution in [0, 0.1) is 0 Å². The zero-order valence-electron chi connectivity index (χ0n) is 7.70. The molecule has 1 atom stereocenters. The van der Waals surface area contributed by atoms with E-state index >= 15 is 0 Å². The van der Waals surface area contributed by atoms with Crippen LogP contribution < -0.4 is 5.32 Å². The summed E-state index contributed by atoms with van der Waals surface area (Å²) in [7, 11) is 0. The first kappa shape index (κ1) is 9.80. The van der Waals surface area contributed by atoms with Crippen LogP contribution in [-0.2, 0) is 0 Å². The second-order valence-corrected chi connectivity index (χ2v) is 2.74. The molecule has 0 saturated carbocycles. The summed E-state index contributed by atoms with van der Waals surface area (Å²) >= 11 is 0. The van der Waals surface area contributed by atoms with E-state index in [1.807, 2.05) is 6.92 Å². The highest BCUT2D eigenvalue weighted by Crippen LogP contribution is 2.18. The Balaban J connectivity index is 2.87. The third kappa shape index (κ3) is 2.09. The standard InChI is InChI=1S/C9H13NO3/c1-3-10-9(12)8-7(6(2)11)4-5-13-8/h4-6,11H,3H2,1-2H3,(H,10,12). The van der Waals surface area contributed by atoms with Crippen LogP contribution in [0.5, 0.6) is 0 Å². The monoisotopic (exact) mass is 183 g/mol. The van der Waals surface area contributed by atoms with Crippen molar-refractivity contribution in [2.75, 3.05) is 6.54 Å². The van der Waals surface area contributed by atoms with Crippen LogP contribution in [0.2, 0.25) is 0 Å². The highest BCUT2D eigenvalue weighted by atomic mass is 16.3. The van der Waals surface area contributed by atoms with Gasteiger partial charge in [-0.3, -0.25) is 4.79 Å². The Kier molecular flexibility index (Phi) is 3.08. The van der Waals surface area contributed by atoms with Crippen LogP contribution in [0.25, 0.3) is 0 Å². The fraction of sp³-hybridized carbons (Fsp3) is 0.444. The minimum Gasteiger partial charge on any atom is -0.459 e. The molecule has 0 aliphatic heterocycles. The van der Waals surface area contributed by atoms with Gasteiger partial charge >= 0.3 is 0 Å². The molecule has 1 rings (SSSR count). The normalized spacial score (nSPS) is 12.5. The molecule has 0 aliphatic carbocycles. The number of nitrogens with one attached hydrogen (secondary N) is 1. The minimum atomic E-state index is -0.684. The van der Waals surface area contributed by atoms with Crippen molar-refractivity contribution in [3.63, 3.8) is 0 Å². The molecule has 0 aliphatic rings. The van der Waals surface area contributed by atoms with Gasteiger partial charge in [-0.05, 0) is 19.9 Å². The number of carbonyl (C=O) groups is 1. The van der Waals surface area contributed by atoms with Gasteiger partial charge in [-0.2, -0.15) is 0 Å². The number of rotatable bonds is 3. The van der Waals surface area contributed by atoms with Crippen LogP contribution in [0.4, 0.5) is 0 Å². The van der Waals surface area contributed by atoms with Crippen LogP contribution in [0.1, 0.15) is 36.1 Å². The number of furan rings is 1. The van der Waals surface area contributed by atoms with E-state index in [2.05, 4.69) is 5.32 Å². The quantitative estimate of drug-likeness (QED) is 0.737. The van der Waals surface area contributed by atoms with Crippen molar-refractivity contribution in [3.05, 3.63) is 23.7 Å². The Hall–Kier alpha value is -1.29. The van der Waals surface area contributed by atoms with E-state index < -0.39 is 6.10 Å². The van der Waals surface area contributed by atoms with Crippen LogP contribution in [0.15, 0.2) is 16.7 Å². The molecule has 0 bridgehead atoms. The summed E-state index contributed by atoms with van der Waals surface area (Å²) in [6.07, 6.45) is 0.712. The number of hydrogen-bond acceptors (Lipinski definition) is 3. The van der Waals surface area contributed by atoms with Crippen molar-refractivity contribution in [3.8, 4) is 0 Å². The Morgan fingerprint density at radius 3 is 3.00 bits per heavy atom. The smallest absolute Gasteiger partial charge is 0.287 e. The highest BCUT2D eigenvalue weighted by molar-refractivity contribution is 5.92. The topological polar surface area (TPSA) is 62.5 Å². The summed E-state index contributed by atoms with van der Waals surface area (Å²) < 4.78 is 4.97. The SMILES string of the molecule is CCNC(=O)c1occc1C(C)O. The van der Waals surface area contributed by atoms with Crippen LogP contribution >= 0.6 is 0 Å². The van der Waals surface area contributed by atoms with Gasteiger partial charge < -0.3 is 14.8 Å². The van der Waals surface area contributed by atoms with E-state index in [-0.39, 0.29) is 11.7 Å². The maximum Gasteiger partial charge on any atom is 0.287 e. The molecule has 0 spiro atoms. The molecule has 0 saturated heterocycles. The maximum atomic E-state index is 11.3. The first-order valence-corrected chi connectivity index (χ1v) is 4.20. The van der Waals surface area contributed by atoms with Crippen molar-refractivity contribution in [2.45, 2.75) is 20.0 Å². The van der Waals surface area contributed by atoms with Crippen molar-refractivity contribution in [1.29, 1.82) is 0 Å². The molecule has 1 amide bonds. The zero-order valence-corrected chi connectivity index (χ0v) is 7.70. The molecular weight excluding hydrogens is 170 g/mol. The van der Waals surface area contributed by atoms with E-state index in [1.54, 1.807) is 13.0 Å². The molecule has 0 fully saturated rings. The number of hydrogen-bond donors (Lipinski definition) is 2. The third-order valence-corrected chi connectivity index (χ3v) is 1.69. The van der Waals surface area contributed by atoms with Crippen LogP contribution in [-0.4, -0.2) is 17.6 Å². The van der Waals surface area contributed by atoms with Gasteiger partial charge in [0.2, 0.25) is 0 Å². The van der Waals surface area contributed by atoms with Crippen LogP contribution in [0.3, 0.4) is 0 Å². The summed E-state index contributed by atoms with van der Waals surface area (Å²) in [6, 6.07) is 1.59. The second kappa shape index (κ2) is 4.09. The molecule has 4 nitrogen and oxygen atoms in total. The van der Waals surface area contributed by atoms with E-state index in [0.717, 1.165) is 0 Å². The summed E-state index contributed by atoms with van der Waals surface area (Å²) in [5, 5.41) is 11.9. The van der Waals surface area contributed by atoms with E-state index in [9.17, 15) is 9.90 Å². The van der Waals surface area contributed by atoms with E-state index in [4.69, 9.17) is 4.42 Å². The van der Waals surface area contributed by atoms with Gasteiger partial charge in [0.1, 0.15) is 0 Å². The Morgan fingerprint density at radius 1 is 1.77 bits per heavy atom. The predicted octanol–water partition coefficient (Wildman–Crippen LogP) is 1.08. The average molecular weight is 183 g/mol. The molecular formula is C9H13NO3. The number of aliphatic hydroxyl groups is 1. The Bertz CT molecular complexity index is 291. The number of carbonyl (C=O) groups excluding carboxylic acids is 1. The minimum absolute atomic E-state index is 0.192. The summed E-state index contributed by atoms with van der Waals surface area (Å²) in [5.41, 5.74) is 0.519. The third-order valence-electron chi connectivity index (χ3n) is 1.69. The van der Waals surface area contributed by atoms with Gasteiger partial charge in [0.05, 0.1) is 12.4 Å². The molecule has 2 N–H and O–H groups in total. The van der Waals surface area contributed by atoms with E-state index in [1.165, 1.54) is 6.26 Å². The van der Waals surface area contributed by atoms with Gasteiger partial charge in [-0.1, -0.05) is 0 Å². The molecule has 1 heterocycles. The number of aliphatic hydroxyl groups excluding tert-OH is 1. The van der Waals surface area contributed by atoms with E-state index in [0.29, 0.717) is 12.1 Å². The van der Waals surface area contributed by atoms with Crippen molar-refractivity contribution < 1.29 is 14.3 Å². The van der Waals surface area contributed by atoms with Gasteiger partial charge in [-0.25, -0.2) is 0 Å². The molecule has 1 unspecified atom stereocenters. The predicted molar refractivity (Wildman–Crippen MR) is 47.3 cm³/mol. The fourth-order valence-corrected chi connectivity index (χ4v) is 1.07. The lowest BCUT2D eigenvalue weighted by Crippen LogP contribution is -2.23. The lowest BCUT2D eigenvalue weighted by Gasteiger charge is -2.04. The molecule has 0 aromatic carbocycles. The molecule has 4 heteroatoms. The molecule has 1 aromatic rings. The molecule has 1 aromatic heterocycles. The first-order valence-electron chi connectivity index (χ1n) is 4.20. The lowest BCUT2D eigenvalue weighted by atomic mass is 10.1. The van der Waals surface area contributed by atoms with Gasteiger partial charge in [0, 0.05) is 12.1 Å². The zero-order chi connectivity index (χ0) is 9.84. The summed E-state index contributed by atoms with van der Waals surface area (Å²) in [6.45, 7) is 3.95. The number of amides is 1. The Labute approximate surface area is 76.6 Å². The highest BCUT2D eigenvalue weighted by Gasteiger charge is 2.17. The molecule has 0 radical (unpaired) electrons. The van der Waals surface area contributed by atoms with Gasteiger partial charge in [-0.15, -0.1) is 0 Å². The summed E-state index contributed by atoms with van der Waals surface area (Å²) in [5.74, 6) is -0.0970. The van der Waals surface area contributed by atoms with Crippen molar-refractivity contribution in [2.24, 2.45) is 0 Å². The van der Waals surface area contributed by atoms with Crippen molar-refractivity contribution in [1.82, 2.24) is 5.32 Å². The average Bonchev–Trinajstić information content (AvgIpc) is 2.52. The van der Waals surface area contributed by atoms with Gasteiger partial charge in [0.25, 0.3) is 5.91 Å². The van der Waals surface area contributed by atoms with Gasteiger partial charge in [0.15, 0.2) is 5.76 Å². The molecule has 13 heavy (non-hydrogen) atoms. The Morgan fingerprint density at radius 2 is 2.46 bits per heavy atom. The maximum absolute atomic E-state index is 11.3. The first-order chi connectivity index (χ1) is 6.16.